The molecule has 1 rings (SSSR count). The van der Waals surface area contributed by atoms with Gasteiger partial charge in [0, 0.05) is 18.8 Å². The van der Waals surface area contributed by atoms with Gasteiger partial charge in [-0.15, -0.1) is 0 Å². The summed E-state index contributed by atoms with van der Waals surface area (Å²) in [5.41, 5.74) is 0.990. The van der Waals surface area contributed by atoms with Crippen molar-refractivity contribution in [1.82, 2.24) is 15.3 Å². The molecule has 5 heteroatoms. The van der Waals surface area contributed by atoms with E-state index in [0.717, 1.165) is 18.5 Å². The maximum atomic E-state index is 11.3. The van der Waals surface area contributed by atoms with Crippen molar-refractivity contribution < 1.29 is 4.79 Å². The molecule has 0 aromatic carbocycles. The molecule has 0 radical (unpaired) electrons. The number of hydrogen-bond acceptors (Lipinski definition) is 4. The summed E-state index contributed by atoms with van der Waals surface area (Å²) < 4.78 is 0. The highest BCUT2D eigenvalue weighted by Crippen LogP contribution is 2.07. The molecule has 1 atom stereocenters. The smallest absolute Gasteiger partial charge is 0.241 e. The first-order valence-electron chi connectivity index (χ1n) is 5.46. The molecule has 5 nitrogen and oxygen atoms in total. The lowest BCUT2D eigenvalue weighted by Gasteiger charge is -2.12. The summed E-state index contributed by atoms with van der Waals surface area (Å²) in [6.45, 7) is 3.89. The van der Waals surface area contributed by atoms with Crippen LogP contribution in [0.25, 0.3) is 0 Å². The fourth-order valence-corrected chi connectivity index (χ4v) is 1.37. The highest BCUT2D eigenvalue weighted by Gasteiger charge is 2.10. The number of nitrogens with one attached hydrogen (secondary N) is 2. The number of carbonyl (C=O) groups is 1. The van der Waals surface area contributed by atoms with Gasteiger partial charge in [-0.2, -0.15) is 0 Å². The molecular formula is C11H18N4O. The Bertz CT molecular complexity index is 354. The van der Waals surface area contributed by atoms with Gasteiger partial charge in [0.05, 0.1) is 0 Å². The summed E-state index contributed by atoms with van der Waals surface area (Å²) in [6, 6.07) is 1.58. The van der Waals surface area contributed by atoms with Crippen molar-refractivity contribution in [3.63, 3.8) is 0 Å². The van der Waals surface area contributed by atoms with Crippen LogP contribution in [-0.4, -0.2) is 29.0 Å². The molecule has 0 fully saturated rings. The van der Waals surface area contributed by atoms with Crippen LogP contribution in [0.3, 0.4) is 0 Å². The van der Waals surface area contributed by atoms with Gasteiger partial charge in [-0.05, 0) is 13.3 Å². The molecule has 1 unspecified atom stereocenters. The molecule has 0 saturated heterocycles. The Morgan fingerprint density at radius 3 is 2.88 bits per heavy atom. The predicted molar refractivity (Wildman–Crippen MR) is 63.2 cm³/mol. The molecule has 1 amide bonds. The van der Waals surface area contributed by atoms with Gasteiger partial charge < -0.3 is 10.6 Å². The molecule has 88 valence electrons. The number of hydrogen-bond donors (Lipinski definition) is 2. The van der Waals surface area contributed by atoms with Crippen LogP contribution >= 0.6 is 0 Å². The third-order valence-electron chi connectivity index (χ3n) is 2.23. The fourth-order valence-electron chi connectivity index (χ4n) is 1.37. The topological polar surface area (TPSA) is 66.9 Å². The molecule has 2 N–H and O–H groups in total. The summed E-state index contributed by atoms with van der Waals surface area (Å²) in [6.07, 6.45) is 3.48. The van der Waals surface area contributed by atoms with Crippen molar-refractivity contribution in [3.05, 3.63) is 18.1 Å². The maximum absolute atomic E-state index is 11.3. The first-order valence-corrected chi connectivity index (χ1v) is 5.46. The second kappa shape index (κ2) is 6.05. The standard InChI is InChI=1S/C11H18N4O/c1-4-5-9-6-10(14-7-13-9)15-8(2)11(16)12-3/h6-8H,4-5H2,1-3H3,(H,12,16)(H,13,14,15). The van der Waals surface area contributed by atoms with Crippen LogP contribution in [0.15, 0.2) is 12.4 Å². The molecule has 1 aromatic heterocycles. The molecule has 16 heavy (non-hydrogen) atoms. The Morgan fingerprint density at radius 1 is 1.50 bits per heavy atom. The van der Waals surface area contributed by atoms with Gasteiger partial charge in [-0.25, -0.2) is 9.97 Å². The number of rotatable bonds is 5. The van der Waals surface area contributed by atoms with Crippen LogP contribution < -0.4 is 10.6 Å². The van der Waals surface area contributed by atoms with Gasteiger partial charge in [0.15, 0.2) is 0 Å². The molecule has 1 heterocycles. The van der Waals surface area contributed by atoms with E-state index in [-0.39, 0.29) is 11.9 Å². The summed E-state index contributed by atoms with van der Waals surface area (Å²) >= 11 is 0. The first kappa shape index (κ1) is 12.4. The van der Waals surface area contributed by atoms with E-state index in [2.05, 4.69) is 27.5 Å². The van der Waals surface area contributed by atoms with Crippen molar-refractivity contribution in [2.24, 2.45) is 0 Å². The Hall–Kier alpha value is -1.65. The van der Waals surface area contributed by atoms with Crippen LogP contribution in [0.5, 0.6) is 0 Å². The summed E-state index contributed by atoms with van der Waals surface area (Å²) in [5, 5.41) is 5.61. The molecule has 0 aliphatic heterocycles. The summed E-state index contributed by atoms with van der Waals surface area (Å²) in [5.74, 6) is 0.630. The quantitative estimate of drug-likeness (QED) is 0.779. The second-order valence-electron chi connectivity index (χ2n) is 3.62. The number of aryl methyl sites for hydroxylation is 1. The molecular weight excluding hydrogens is 204 g/mol. The SMILES string of the molecule is CCCc1cc(NC(C)C(=O)NC)ncn1. The largest absolute Gasteiger partial charge is 0.359 e. The minimum absolute atomic E-state index is 0.0596. The van der Waals surface area contributed by atoms with E-state index in [1.54, 1.807) is 14.0 Å². The maximum Gasteiger partial charge on any atom is 0.241 e. The van der Waals surface area contributed by atoms with Gasteiger partial charge in [0.2, 0.25) is 5.91 Å². The average molecular weight is 222 g/mol. The summed E-state index contributed by atoms with van der Waals surface area (Å²) in [4.78, 5) is 19.5. The Morgan fingerprint density at radius 2 is 2.25 bits per heavy atom. The number of likely N-dealkylation sites (N-methyl/N-ethyl adjacent to an activating group) is 1. The number of aromatic nitrogens is 2. The van der Waals surface area contributed by atoms with Gasteiger partial charge in [0.25, 0.3) is 0 Å². The van der Waals surface area contributed by atoms with Crippen LogP contribution in [0.2, 0.25) is 0 Å². The molecule has 0 saturated carbocycles. The average Bonchev–Trinajstić information content (AvgIpc) is 2.29. The van der Waals surface area contributed by atoms with Crippen LogP contribution in [0.1, 0.15) is 26.0 Å². The molecule has 0 bridgehead atoms. The van der Waals surface area contributed by atoms with Crippen molar-refractivity contribution in [3.8, 4) is 0 Å². The van der Waals surface area contributed by atoms with E-state index < -0.39 is 0 Å². The highest BCUT2D eigenvalue weighted by atomic mass is 16.2. The van der Waals surface area contributed by atoms with Crippen LogP contribution in [0, 0.1) is 0 Å². The van der Waals surface area contributed by atoms with Crippen molar-refractivity contribution in [2.75, 3.05) is 12.4 Å². The van der Waals surface area contributed by atoms with Gasteiger partial charge in [0.1, 0.15) is 18.2 Å². The predicted octanol–water partition coefficient (Wildman–Crippen LogP) is 0.975. The van der Waals surface area contributed by atoms with E-state index in [4.69, 9.17) is 0 Å². The van der Waals surface area contributed by atoms with E-state index >= 15 is 0 Å². The lowest BCUT2D eigenvalue weighted by atomic mass is 10.2. The second-order valence-corrected chi connectivity index (χ2v) is 3.62. The Labute approximate surface area is 95.7 Å². The number of carbonyl (C=O) groups excluding carboxylic acids is 1. The van der Waals surface area contributed by atoms with Crippen LogP contribution in [-0.2, 0) is 11.2 Å². The van der Waals surface area contributed by atoms with Crippen molar-refractivity contribution in [1.29, 1.82) is 0 Å². The number of anilines is 1. The van der Waals surface area contributed by atoms with Crippen molar-refractivity contribution in [2.45, 2.75) is 32.7 Å². The normalized spacial score (nSPS) is 11.9. The number of nitrogens with zero attached hydrogens (tertiary/aromatic N) is 2. The lowest BCUT2D eigenvalue weighted by Crippen LogP contribution is -2.35. The zero-order valence-corrected chi connectivity index (χ0v) is 9.95. The van der Waals surface area contributed by atoms with E-state index in [1.165, 1.54) is 6.33 Å². The van der Waals surface area contributed by atoms with Gasteiger partial charge >= 0.3 is 0 Å². The number of amides is 1. The zero-order chi connectivity index (χ0) is 12.0. The minimum atomic E-state index is -0.297. The monoisotopic (exact) mass is 222 g/mol. The minimum Gasteiger partial charge on any atom is -0.359 e. The molecule has 0 aliphatic carbocycles. The molecule has 0 spiro atoms. The Kier molecular flexibility index (Phi) is 4.69. The fraction of sp³-hybridized carbons (Fsp3) is 0.545. The third-order valence-corrected chi connectivity index (χ3v) is 2.23. The van der Waals surface area contributed by atoms with E-state index in [9.17, 15) is 4.79 Å². The van der Waals surface area contributed by atoms with Gasteiger partial charge in [-0.3, -0.25) is 4.79 Å². The van der Waals surface area contributed by atoms with Crippen LogP contribution in [0.4, 0.5) is 5.82 Å². The lowest BCUT2D eigenvalue weighted by molar-refractivity contribution is -0.121. The first-order chi connectivity index (χ1) is 7.67. The van der Waals surface area contributed by atoms with Crippen molar-refractivity contribution >= 4 is 11.7 Å². The molecule has 0 aliphatic rings. The highest BCUT2D eigenvalue weighted by molar-refractivity contribution is 5.83. The summed E-state index contributed by atoms with van der Waals surface area (Å²) in [7, 11) is 1.61. The van der Waals surface area contributed by atoms with E-state index in [0.29, 0.717) is 5.82 Å². The van der Waals surface area contributed by atoms with E-state index in [1.807, 2.05) is 6.07 Å². The van der Waals surface area contributed by atoms with Gasteiger partial charge in [-0.1, -0.05) is 13.3 Å². The Balaban J connectivity index is 2.66. The third kappa shape index (κ3) is 3.49. The molecule has 1 aromatic rings. The zero-order valence-electron chi connectivity index (χ0n) is 9.95.